The molecule has 0 aromatic carbocycles. The molecule has 2 rings (SSSR count). The Hall–Kier alpha value is -1.30. The van der Waals surface area contributed by atoms with Gasteiger partial charge < -0.3 is 5.32 Å². The van der Waals surface area contributed by atoms with Gasteiger partial charge in [0.1, 0.15) is 6.33 Å². The van der Waals surface area contributed by atoms with Gasteiger partial charge in [0.25, 0.3) is 0 Å². The van der Waals surface area contributed by atoms with Gasteiger partial charge in [-0.1, -0.05) is 13.8 Å². The highest BCUT2D eigenvalue weighted by Crippen LogP contribution is 2.27. The number of nitrogens with one attached hydrogen (secondary N) is 2. The van der Waals surface area contributed by atoms with Gasteiger partial charge in [-0.25, -0.2) is 9.97 Å². The Balaban J connectivity index is 2.12. The van der Waals surface area contributed by atoms with E-state index < -0.39 is 0 Å². The Morgan fingerprint density at radius 3 is 2.94 bits per heavy atom. The first-order valence-electron chi connectivity index (χ1n) is 5.25. The van der Waals surface area contributed by atoms with Gasteiger partial charge in [0.2, 0.25) is 5.96 Å². The zero-order chi connectivity index (χ0) is 11.5. The van der Waals surface area contributed by atoms with E-state index in [4.69, 9.17) is 0 Å². The zero-order valence-corrected chi connectivity index (χ0v) is 10.4. The van der Waals surface area contributed by atoms with Crippen LogP contribution in [-0.2, 0) is 0 Å². The number of aromatic nitrogens is 2. The lowest BCUT2D eigenvalue weighted by Crippen LogP contribution is -2.42. The van der Waals surface area contributed by atoms with Crippen molar-refractivity contribution in [1.29, 1.82) is 0 Å². The summed E-state index contributed by atoms with van der Waals surface area (Å²) in [6, 6.07) is 0.371. The summed E-state index contributed by atoms with van der Waals surface area (Å²) in [4.78, 5) is 13.4. The summed E-state index contributed by atoms with van der Waals surface area (Å²) in [5.74, 6) is 2.04. The van der Waals surface area contributed by atoms with Crippen LogP contribution in [0.25, 0.3) is 0 Å². The van der Waals surface area contributed by atoms with Gasteiger partial charge in [0.05, 0.1) is 4.90 Å². The van der Waals surface area contributed by atoms with Crippen LogP contribution < -0.4 is 10.0 Å². The Morgan fingerprint density at radius 2 is 2.19 bits per heavy atom. The molecule has 0 fully saturated rings. The van der Waals surface area contributed by atoms with Crippen LogP contribution in [0.5, 0.6) is 0 Å². The Bertz CT molecular complexity index is 404. The fourth-order valence-electron chi connectivity index (χ4n) is 1.14. The molecular weight excluding hydrogens is 222 g/mol. The van der Waals surface area contributed by atoms with E-state index in [0.29, 0.717) is 12.0 Å². The molecule has 1 aromatic rings. The first-order valence-corrected chi connectivity index (χ1v) is 6.06. The third kappa shape index (κ3) is 2.44. The molecular formula is C10H15N5S. The monoisotopic (exact) mass is 237 g/mol. The molecule has 0 saturated carbocycles. The summed E-state index contributed by atoms with van der Waals surface area (Å²) >= 11 is 1.48. The first-order chi connectivity index (χ1) is 7.66. The van der Waals surface area contributed by atoms with E-state index in [9.17, 15) is 0 Å². The van der Waals surface area contributed by atoms with Crippen molar-refractivity contribution >= 4 is 23.7 Å². The highest BCUT2D eigenvalue weighted by atomic mass is 32.2. The molecule has 5 nitrogen and oxygen atoms in total. The molecule has 1 aliphatic rings. The average Bonchev–Trinajstić information content (AvgIpc) is 2.28. The van der Waals surface area contributed by atoms with E-state index >= 15 is 0 Å². The topological polar surface area (TPSA) is 62.2 Å². The molecule has 2 heterocycles. The standard InChI is InChI=1S/C10H15N5S/c1-6(2)7(3)13-10-14-9-8(16-15-10)4-11-5-12-9/h4-7H,1-3H3,(H2,11,12,13,14,15). The van der Waals surface area contributed by atoms with E-state index in [-0.39, 0.29) is 0 Å². The number of hydrogen-bond donors (Lipinski definition) is 2. The molecule has 6 heteroatoms. The van der Waals surface area contributed by atoms with Crippen molar-refractivity contribution in [2.45, 2.75) is 31.7 Å². The van der Waals surface area contributed by atoms with Crippen LogP contribution in [0.15, 0.2) is 22.4 Å². The van der Waals surface area contributed by atoms with Crippen molar-refractivity contribution in [3.8, 4) is 0 Å². The zero-order valence-electron chi connectivity index (χ0n) is 9.56. The number of nitrogens with zero attached hydrogens (tertiary/aromatic N) is 3. The molecule has 0 saturated heterocycles. The molecule has 1 unspecified atom stereocenters. The van der Waals surface area contributed by atoms with Crippen LogP contribution in [0.2, 0.25) is 0 Å². The van der Waals surface area contributed by atoms with Gasteiger partial charge in [-0.2, -0.15) is 4.99 Å². The Kier molecular flexibility index (Phi) is 3.28. The summed E-state index contributed by atoms with van der Waals surface area (Å²) in [6.45, 7) is 6.48. The van der Waals surface area contributed by atoms with Crippen molar-refractivity contribution < 1.29 is 0 Å². The molecule has 0 amide bonds. The molecule has 0 bridgehead atoms. The molecule has 16 heavy (non-hydrogen) atoms. The quantitative estimate of drug-likeness (QED) is 0.767. The minimum atomic E-state index is 0.371. The van der Waals surface area contributed by atoms with E-state index in [1.807, 2.05) is 0 Å². The Labute approximate surface area is 99.3 Å². The SMILES string of the molecule is CC(C)C(C)NC1=Nc2ncncc2SN1. The van der Waals surface area contributed by atoms with Gasteiger partial charge in [-0.05, 0) is 24.8 Å². The van der Waals surface area contributed by atoms with Gasteiger partial charge >= 0.3 is 0 Å². The third-order valence-electron chi connectivity index (χ3n) is 2.50. The molecule has 1 aliphatic heterocycles. The van der Waals surface area contributed by atoms with E-state index in [1.54, 1.807) is 6.20 Å². The largest absolute Gasteiger partial charge is 0.353 e. The minimum Gasteiger partial charge on any atom is -0.353 e. The maximum absolute atomic E-state index is 4.39. The Morgan fingerprint density at radius 1 is 1.38 bits per heavy atom. The number of aliphatic imine (C=N–C) groups is 1. The lowest BCUT2D eigenvalue weighted by atomic mass is 10.1. The van der Waals surface area contributed by atoms with Gasteiger partial charge in [-0.3, -0.25) is 4.72 Å². The predicted octanol–water partition coefficient (Wildman–Crippen LogP) is 1.71. The maximum atomic E-state index is 4.39. The summed E-state index contributed by atoms with van der Waals surface area (Å²) in [6.07, 6.45) is 3.27. The predicted molar refractivity (Wildman–Crippen MR) is 65.6 cm³/mol. The van der Waals surface area contributed by atoms with Crippen molar-refractivity contribution in [3.63, 3.8) is 0 Å². The lowest BCUT2D eigenvalue weighted by molar-refractivity contribution is 0.484. The molecule has 1 atom stereocenters. The molecule has 86 valence electrons. The first kappa shape index (κ1) is 11.2. The third-order valence-corrected chi connectivity index (χ3v) is 3.30. The van der Waals surface area contributed by atoms with Crippen LogP contribution in [0, 0.1) is 5.92 Å². The number of rotatable bonds is 2. The summed E-state index contributed by atoms with van der Waals surface area (Å²) < 4.78 is 3.14. The lowest BCUT2D eigenvalue weighted by Gasteiger charge is -2.22. The highest BCUT2D eigenvalue weighted by molar-refractivity contribution is 7.98. The van der Waals surface area contributed by atoms with Crippen molar-refractivity contribution in [2.75, 3.05) is 0 Å². The van der Waals surface area contributed by atoms with E-state index in [1.165, 1.54) is 18.3 Å². The second kappa shape index (κ2) is 4.69. The summed E-state index contributed by atoms with van der Waals surface area (Å²) in [7, 11) is 0. The van der Waals surface area contributed by atoms with Gasteiger partial charge in [-0.15, -0.1) is 0 Å². The molecule has 0 radical (unpaired) electrons. The van der Waals surface area contributed by atoms with Crippen LogP contribution in [0.3, 0.4) is 0 Å². The molecule has 2 N–H and O–H groups in total. The number of guanidine groups is 1. The highest BCUT2D eigenvalue weighted by Gasteiger charge is 2.15. The van der Waals surface area contributed by atoms with Crippen LogP contribution in [-0.4, -0.2) is 22.0 Å². The fourth-order valence-corrected chi connectivity index (χ4v) is 1.76. The van der Waals surface area contributed by atoms with E-state index in [2.05, 4.69) is 45.8 Å². The van der Waals surface area contributed by atoms with Gasteiger partial charge in [0.15, 0.2) is 5.82 Å². The maximum Gasteiger partial charge on any atom is 0.208 e. The molecule has 1 aromatic heterocycles. The van der Waals surface area contributed by atoms with Crippen molar-refractivity contribution in [1.82, 2.24) is 20.0 Å². The van der Waals surface area contributed by atoms with Gasteiger partial charge in [0, 0.05) is 12.2 Å². The van der Waals surface area contributed by atoms with Crippen LogP contribution in [0.1, 0.15) is 20.8 Å². The van der Waals surface area contributed by atoms with E-state index in [0.717, 1.165) is 16.7 Å². The van der Waals surface area contributed by atoms with Crippen molar-refractivity contribution in [3.05, 3.63) is 12.5 Å². The fraction of sp³-hybridized carbons (Fsp3) is 0.500. The summed E-state index contributed by atoms with van der Waals surface area (Å²) in [5.41, 5.74) is 0. The average molecular weight is 237 g/mol. The molecule has 0 spiro atoms. The number of fused-ring (bicyclic) bond motifs is 1. The number of hydrogen-bond acceptors (Lipinski definition) is 6. The second-order valence-electron chi connectivity index (χ2n) is 4.05. The summed E-state index contributed by atoms with van der Waals surface area (Å²) in [5, 5.41) is 3.32. The van der Waals surface area contributed by atoms with Crippen molar-refractivity contribution in [2.24, 2.45) is 10.9 Å². The second-order valence-corrected chi connectivity index (χ2v) is 4.90. The molecule has 0 aliphatic carbocycles. The normalized spacial score (nSPS) is 16.1. The smallest absolute Gasteiger partial charge is 0.208 e. The van der Waals surface area contributed by atoms with Crippen LogP contribution in [0.4, 0.5) is 5.82 Å². The van der Waals surface area contributed by atoms with Crippen LogP contribution >= 0.6 is 11.9 Å². The minimum absolute atomic E-state index is 0.371.